The minimum Gasteiger partial charge on any atom is -0.497 e. The average molecular weight is 580 g/mol. The van der Waals surface area contributed by atoms with Crippen molar-refractivity contribution >= 4 is 17.9 Å². The van der Waals surface area contributed by atoms with E-state index >= 15 is 0 Å². The van der Waals surface area contributed by atoms with Gasteiger partial charge in [0.05, 0.1) is 18.8 Å². The van der Waals surface area contributed by atoms with E-state index in [1.165, 1.54) is 0 Å². The number of amides is 1. The van der Waals surface area contributed by atoms with Crippen molar-refractivity contribution in [3.8, 4) is 16.9 Å². The zero-order valence-electron chi connectivity index (χ0n) is 26.3. The van der Waals surface area contributed by atoms with Gasteiger partial charge in [-0.25, -0.2) is 0 Å². The highest BCUT2D eigenvalue weighted by Crippen LogP contribution is 2.30. The quantitative estimate of drug-likeness (QED) is 0.209. The Balaban J connectivity index is 0.000000686. The van der Waals surface area contributed by atoms with Gasteiger partial charge < -0.3 is 35.3 Å². The third kappa shape index (κ3) is 9.72. The highest BCUT2D eigenvalue weighted by atomic mass is 16.5. The van der Waals surface area contributed by atoms with Crippen molar-refractivity contribution in [1.82, 2.24) is 20.5 Å². The Morgan fingerprint density at radius 3 is 2.40 bits per heavy atom. The molecule has 4 N–H and O–H groups in total. The first kappa shape index (κ1) is 34.5. The van der Waals surface area contributed by atoms with Crippen molar-refractivity contribution in [3.63, 3.8) is 0 Å². The first-order valence-electron chi connectivity index (χ1n) is 14.7. The molecule has 1 fully saturated rings. The number of hydrogen-bond donors (Lipinski definition) is 4. The van der Waals surface area contributed by atoms with Crippen molar-refractivity contribution in [1.29, 1.82) is 0 Å². The number of benzene rings is 2. The van der Waals surface area contributed by atoms with Crippen molar-refractivity contribution in [3.05, 3.63) is 71.0 Å². The molecule has 1 aliphatic rings. The van der Waals surface area contributed by atoms with Gasteiger partial charge in [-0.3, -0.25) is 9.59 Å². The molecule has 3 aromatic rings. The summed E-state index contributed by atoms with van der Waals surface area (Å²) >= 11 is 0. The number of aryl methyl sites for hydroxylation is 2. The maximum Gasteiger partial charge on any atom is 0.252 e. The first-order chi connectivity index (χ1) is 20.3. The summed E-state index contributed by atoms with van der Waals surface area (Å²) in [5.74, 6) is 0.594. The highest BCUT2D eigenvalue weighted by molar-refractivity contribution is 5.97. The Hall–Kier alpha value is -3.66. The summed E-state index contributed by atoms with van der Waals surface area (Å²) in [4.78, 5) is 26.8. The standard InChI is InChI=1S/C27H32N4O3.C4H11NO.C2H6/c1-18-5-6-23(31-9-7-28-8-10-31)15-26(18)27(33)29-19(2)20-11-21(14-25(13-20)34-4)22-12-24(17-32)30(3)16-22;1-5-3-2-4-6;1-2/h5-6,11-17,19,28H,7-10H2,1-4H3,(H,29,33);5-6H,2-4H2,1H3;1-2H3. The van der Waals surface area contributed by atoms with E-state index in [0.29, 0.717) is 23.6 Å². The molecule has 2 aromatic carbocycles. The summed E-state index contributed by atoms with van der Waals surface area (Å²) in [6, 6.07) is 13.6. The SMILES string of the molecule is CC.CNCCCO.COc1cc(-c2cc(C=O)n(C)c2)cc(C(C)NC(=O)c2cc(N3CCNCC3)ccc2C)c1. The lowest BCUT2D eigenvalue weighted by Gasteiger charge is -2.30. The van der Waals surface area contributed by atoms with Gasteiger partial charge in [0.1, 0.15) is 5.75 Å². The molecule has 0 spiro atoms. The third-order valence-electron chi connectivity index (χ3n) is 7.04. The Kier molecular flexibility index (Phi) is 14.8. The van der Waals surface area contributed by atoms with Crippen LogP contribution in [0.15, 0.2) is 48.7 Å². The number of nitrogens with one attached hydrogen (secondary N) is 3. The fraction of sp³-hybridized carbons (Fsp3) is 0.455. The van der Waals surface area contributed by atoms with Gasteiger partial charge in [-0.1, -0.05) is 19.9 Å². The molecule has 9 heteroatoms. The molecule has 1 unspecified atom stereocenters. The lowest BCUT2D eigenvalue weighted by atomic mass is 10.00. The molecule has 4 rings (SSSR count). The number of aliphatic hydroxyl groups is 1. The molecule has 0 aliphatic carbocycles. The lowest BCUT2D eigenvalue weighted by Crippen LogP contribution is -2.43. The van der Waals surface area contributed by atoms with Gasteiger partial charge in [0.25, 0.3) is 5.91 Å². The molecule has 2 heterocycles. The number of ether oxygens (including phenoxy) is 1. The zero-order chi connectivity index (χ0) is 31.1. The van der Waals surface area contributed by atoms with Gasteiger partial charge in [0, 0.05) is 62.8 Å². The van der Waals surface area contributed by atoms with Crippen LogP contribution in [0.1, 0.15) is 65.2 Å². The Labute approximate surface area is 251 Å². The molecule has 42 heavy (non-hydrogen) atoms. The van der Waals surface area contributed by atoms with E-state index in [1.807, 2.05) is 84.4 Å². The molecule has 230 valence electrons. The molecule has 1 atom stereocenters. The van der Waals surface area contributed by atoms with E-state index < -0.39 is 0 Å². The fourth-order valence-electron chi connectivity index (χ4n) is 4.60. The second kappa shape index (κ2) is 18.0. The molecule has 1 saturated heterocycles. The number of carbonyl (C=O) groups is 2. The van der Waals surface area contributed by atoms with Crippen LogP contribution in [0, 0.1) is 6.92 Å². The van der Waals surface area contributed by atoms with Gasteiger partial charge in [-0.15, -0.1) is 0 Å². The summed E-state index contributed by atoms with van der Waals surface area (Å²) in [5.41, 5.74) is 6.07. The maximum atomic E-state index is 13.3. The number of methoxy groups -OCH3 is 1. The molecule has 0 bridgehead atoms. The summed E-state index contributed by atoms with van der Waals surface area (Å²) < 4.78 is 7.32. The van der Waals surface area contributed by atoms with Crippen molar-refractivity contribution in [2.75, 3.05) is 58.4 Å². The maximum absolute atomic E-state index is 13.3. The minimum atomic E-state index is -0.238. The molecule has 0 radical (unpaired) electrons. The van der Waals surface area contributed by atoms with Gasteiger partial charge >= 0.3 is 0 Å². The Bertz CT molecular complexity index is 1260. The number of aliphatic hydroxyl groups excluding tert-OH is 1. The highest BCUT2D eigenvalue weighted by Gasteiger charge is 2.18. The largest absolute Gasteiger partial charge is 0.497 e. The predicted octanol–water partition coefficient (Wildman–Crippen LogP) is 4.34. The number of rotatable bonds is 10. The Morgan fingerprint density at radius 2 is 1.83 bits per heavy atom. The summed E-state index contributed by atoms with van der Waals surface area (Å²) in [5, 5.41) is 17.6. The average Bonchev–Trinajstić information content (AvgIpc) is 3.42. The van der Waals surface area contributed by atoms with Crippen LogP contribution in [0.5, 0.6) is 5.75 Å². The molecule has 1 aliphatic heterocycles. The predicted molar refractivity (Wildman–Crippen MR) is 172 cm³/mol. The summed E-state index contributed by atoms with van der Waals surface area (Å²) in [7, 11) is 5.34. The van der Waals surface area contributed by atoms with Gasteiger partial charge in [-0.05, 0) is 86.9 Å². The number of hydrogen-bond acceptors (Lipinski definition) is 7. The van der Waals surface area contributed by atoms with Gasteiger partial charge in [0.2, 0.25) is 0 Å². The van der Waals surface area contributed by atoms with E-state index in [9.17, 15) is 9.59 Å². The lowest BCUT2D eigenvalue weighted by molar-refractivity contribution is 0.0939. The molecular formula is C33H49N5O4. The van der Waals surface area contributed by atoms with E-state index in [1.54, 1.807) is 11.7 Å². The van der Waals surface area contributed by atoms with Crippen LogP contribution >= 0.6 is 0 Å². The van der Waals surface area contributed by atoms with E-state index in [0.717, 1.165) is 73.4 Å². The number of aromatic nitrogens is 1. The second-order valence-electron chi connectivity index (χ2n) is 9.99. The molecule has 0 saturated carbocycles. The normalized spacial score (nSPS) is 13.2. The van der Waals surface area contributed by atoms with E-state index in [2.05, 4.69) is 26.9 Å². The van der Waals surface area contributed by atoms with Crippen LogP contribution in [0.2, 0.25) is 0 Å². The van der Waals surface area contributed by atoms with Crippen LogP contribution in [-0.2, 0) is 7.05 Å². The second-order valence-corrected chi connectivity index (χ2v) is 9.99. The number of carbonyl (C=O) groups excluding carboxylic acids is 2. The smallest absolute Gasteiger partial charge is 0.252 e. The number of anilines is 1. The summed E-state index contributed by atoms with van der Waals surface area (Å²) in [6.45, 7) is 12.9. The van der Waals surface area contributed by atoms with Crippen molar-refractivity contribution in [2.24, 2.45) is 7.05 Å². The Morgan fingerprint density at radius 1 is 1.12 bits per heavy atom. The van der Waals surface area contributed by atoms with Crippen LogP contribution in [0.25, 0.3) is 11.1 Å². The minimum absolute atomic E-state index is 0.102. The monoisotopic (exact) mass is 579 g/mol. The van der Waals surface area contributed by atoms with Crippen LogP contribution in [-0.4, -0.2) is 75.4 Å². The van der Waals surface area contributed by atoms with Gasteiger partial charge in [-0.2, -0.15) is 0 Å². The van der Waals surface area contributed by atoms with Crippen molar-refractivity contribution < 1.29 is 19.4 Å². The van der Waals surface area contributed by atoms with E-state index in [-0.39, 0.29) is 11.9 Å². The molecular weight excluding hydrogens is 530 g/mol. The number of aldehydes is 1. The third-order valence-corrected chi connectivity index (χ3v) is 7.04. The van der Waals surface area contributed by atoms with Crippen LogP contribution in [0.4, 0.5) is 5.69 Å². The van der Waals surface area contributed by atoms with Crippen LogP contribution < -0.4 is 25.6 Å². The summed E-state index contributed by atoms with van der Waals surface area (Å²) in [6.07, 6.45) is 3.61. The first-order valence-corrected chi connectivity index (χ1v) is 14.7. The van der Waals surface area contributed by atoms with Crippen molar-refractivity contribution in [2.45, 2.75) is 40.2 Å². The molecule has 1 aromatic heterocycles. The zero-order valence-corrected chi connectivity index (χ0v) is 26.3. The molecule has 1 amide bonds. The number of nitrogens with zero attached hydrogens (tertiary/aromatic N) is 2. The van der Waals surface area contributed by atoms with E-state index in [4.69, 9.17) is 9.84 Å². The van der Waals surface area contributed by atoms with Gasteiger partial charge in [0.15, 0.2) is 6.29 Å². The van der Waals surface area contributed by atoms with Crippen LogP contribution in [0.3, 0.4) is 0 Å². The number of piperazine rings is 1. The fourth-order valence-corrected chi connectivity index (χ4v) is 4.60. The molecule has 9 nitrogen and oxygen atoms in total. The topological polar surface area (TPSA) is 108 Å².